The molecule has 0 fully saturated rings. The zero-order valence-corrected chi connectivity index (χ0v) is 17.2. The monoisotopic (exact) mass is 357 g/mol. The summed E-state index contributed by atoms with van der Waals surface area (Å²) in [6.07, 6.45) is 12.8. The van der Waals surface area contributed by atoms with Crippen molar-refractivity contribution in [1.82, 2.24) is 5.32 Å². The minimum atomic E-state index is -0.285. The lowest BCUT2D eigenvalue weighted by Crippen LogP contribution is -2.44. The molecule has 1 unspecified atom stereocenters. The predicted octanol–water partition coefficient (Wildman–Crippen LogP) is 4.36. The van der Waals surface area contributed by atoms with E-state index in [2.05, 4.69) is 12.2 Å². The van der Waals surface area contributed by atoms with Crippen LogP contribution in [0.4, 0.5) is 0 Å². The number of nitrogens with zero attached hydrogens (tertiary/aromatic N) is 1. The first kappa shape index (κ1) is 23.9. The third-order valence-electron chi connectivity index (χ3n) is 4.39. The first-order valence-corrected chi connectivity index (χ1v) is 10.1. The van der Waals surface area contributed by atoms with Crippen molar-refractivity contribution in [2.75, 3.05) is 20.6 Å². The number of hydroxylamine groups is 3. The maximum Gasteiger partial charge on any atom is 0.363 e. The van der Waals surface area contributed by atoms with Gasteiger partial charge in [0.2, 0.25) is 5.91 Å². The lowest BCUT2D eigenvalue weighted by Gasteiger charge is -2.26. The number of hydrogen-bond acceptors (Lipinski definition) is 3. The SMILES string of the molecule is CCCCCCCCCCCC(=O)NC(C)CC[N+](C)(C)OC(C)=O. The van der Waals surface area contributed by atoms with Gasteiger partial charge in [0, 0.05) is 25.8 Å². The Bertz CT molecular complexity index is 370. The average Bonchev–Trinajstić information content (AvgIpc) is 2.50. The first-order valence-electron chi connectivity index (χ1n) is 10.1. The Morgan fingerprint density at radius 2 is 1.48 bits per heavy atom. The van der Waals surface area contributed by atoms with Crippen molar-refractivity contribution in [2.24, 2.45) is 0 Å². The molecule has 0 heterocycles. The summed E-state index contributed by atoms with van der Waals surface area (Å²) < 4.78 is 0.188. The molecule has 0 saturated carbocycles. The van der Waals surface area contributed by atoms with E-state index < -0.39 is 0 Å². The lowest BCUT2D eigenvalue weighted by atomic mass is 10.1. The van der Waals surface area contributed by atoms with Gasteiger partial charge in [-0.25, -0.2) is 4.79 Å². The Labute approximate surface area is 155 Å². The Balaban J connectivity index is 3.63. The maximum atomic E-state index is 12.0. The molecule has 25 heavy (non-hydrogen) atoms. The van der Waals surface area contributed by atoms with Gasteiger partial charge in [-0.1, -0.05) is 58.3 Å². The summed E-state index contributed by atoms with van der Waals surface area (Å²) in [5.41, 5.74) is 0. The molecule has 0 aromatic heterocycles. The molecule has 5 nitrogen and oxygen atoms in total. The van der Waals surface area contributed by atoms with Crippen LogP contribution in [0.1, 0.15) is 91.4 Å². The predicted molar refractivity (Wildman–Crippen MR) is 103 cm³/mol. The van der Waals surface area contributed by atoms with Crippen LogP contribution in [-0.4, -0.2) is 43.2 Å². The van der Waals surface area contributed by atoms with Gasteiger partial charge < -0.3 is 5.32 Å². The highest BCUT2D eigenvalue weighted by Gasteiger charge is 2.21. The molecule has 0 spiro atoms. The van der Waals surface area contributed by atoms with Crippen LogP contribution in [0.2, 0.25) is 0 Å². The molecule has 0 aliphatic carbocycles. The van der Waals surface area contributed by atoms with E-state index in [4.69, 9.17) is 4.84 Å². The summed E-state index contributed by atoms with van der Waals surface area (Å²) in [6, 6.07) is 0.0963. The van der Waals surface area contributed by atoms with Gasteiger partial charge >= 0.3 is 5.97 Å². The van der Waals surface area contributed by atoms with Gasteiger partial charge in [-0.2, -0.15) is 0 Å². The molecule has 0 rings (SSSR count). The van der Waals surface area contributed by atoms with Gasteiger partial charge in [-0.05, 0) is 13.3 Å². The molecule has 1 N–H and O–H groups in total. The normalized spacial score (nSPS) is 12.7. The molecule has 148 valence electrons. The fraction of sp³-hybridized carbons (Fsp3) is 0.900. The van der Waals surface area contributed by atoms with E-state index in [0.29, 0.717) is 13.0 Å². The van der Waals surface area contributed by atoms with Gasteiger partial charge in [-0.15, -0.1) is 4.65 Å². The molecule has 0 aliphatic rings. The number of carbonyl (C=O) groups is 2. The third-order valence-corrected chi connectivity index (χ3v) is 4.39. The van der Waals surface area contributed by atoms with E-state index >= 15 is 0 Å². The lowest BCUT2D eigenvalue weighted by molar-refractivity contribution is -1.06. The minimum absolute atomic E-state index is 0.0963. The number of amides is 1. The summed E-state index contributed by atoms with van der Waals surface area (Å²) in [4.78, 5) is 28.2. The van der Waals surface area contributed by atoms with Gasteiger partial charge in [0.15, 0.2) is 0 Å². The first-order chi connectivity index (χ1) is 11.8. The van der Waals surface area contributed by atoms with Gasteiger partial charge in [-0.3, -0.25) is 9.63 Å². The van der Waals surface area contributed by atoms with Crippen molar-refractivity contribution in [2.45, 2.75) is 97.4 Å². The molecule has 5 heteroatoms. The van der Waals surface area contributed by atoms with Crippen molar-refractivity contribution in [1.29, 1.82) is 0 Å². The highest BCUT2D eigenvalue weighted by Crippen LogP contribution is 2.10. The van der Waals surface area contributed by atoms with Crippen molar-refractivity contribution < 1.29 is 19.1 Å². The molecular weight excluding hydrogens is 316 g/mol. The van der Waals surface area contributed by atoms with Crippen LogP contribution in [0.15, 0.2) is 0 Å². The number of unbranched alkanes of at least 4 members (excludes halogenated alkanes) is 8. The van der Waals surface area contributed by atoms with Crippen LogP contribution in [0.25, 0.3) is 0 Å². The standard InChI is InChI=1S/C20H40N2O3/c1-6-7-8-9-10-11-12-13-14-15-20(24)21-18(2)16-17-22(4,5)25-19(3)23/h18H,6-17H2,1-5H3/p+1. The second-order valence-corrected chi connectivity index (χ2v) is 7.72. The van der Waals surface area contributed by atoms with Crippen LogP contribution in [0.3, 0.4) is 0 Å². The minimum Gasteiger partial charge on any atom is -0.353 e. The van der Waals surface area contributed by atoms with E-state index in [1.54, 1.807) is 0 Å². The van der Waals surface area contributed by atoms with Crippen LogP contribution in [0.5, 0.6) is 0 Å². The fourth-order valence-electron chi connectivity index (χ4n) is 2.91. The topological polar surface area (TPSA) is 55.4 Å². The number of carbonyl (C=O) groups excluding carboxylic acids is 2. The zero-order chi connectivity index (χ0) is 19.1. The molecular formula is C20H41N2O3+. The van der Waals surface area contributed by atoms with Gasteiger partial charge in [0.1, 0.15) is 20.6 Å². The summed E-state index contributed by atoms with van der Waals surface area (Å²) >= 11 is 0. The van der Waals surface area contributed by atoms with Crippen LogP contribution in [0, 0.1) is 0 Å². The number of hydrogen-bond donors (Lipinski definition) is 1. The molecule has 0 aromatic carbocycles. The molecule has 1 amide bonds. The molecule has 1 atom stereocenters. The highest BCUT2D eigenvalue weighted by molar-refractivity contribution is 5.76. The van der Waals surface area contributed by atoms with Crippen LogP contribution in [-0.2, 0) is 14.4 Å². The second kappa shape index (κ2) is 14.1. The molecule has 0 aliphatic heterocycles. The van der Waals surface area contributed by atoms with E-state index in [0.717, 1.165) is 19.3 Å². The molecule has 0 aromatic rings. The third kappa shape index (κ3) is 16.1. The number of nitrogens with one attached hydrogen (secondary N) is 1. The van der Waals surface area contributed by atoms with E-state index in [1.165, 1.54) is 51.9 Å². The molecule has 0 saturated heterocycles. The summed E-state index contributed by atoms with van der Waals surface area (Å²) in [5.74, 6) is -0.153. The van der Waals surface area contributed by atoms with Crippen LogP contribution < -0.4 is 5.32 Å². The highest BCUT2D eigenvalue weighted by atomic mass is 16.7. The average molecular weight is 358 g/mol. The number of quaternary nitrogens is 1. The van der Waals surface area contributed by atoms with E-state index in [-0.39, 0.29) is 22.6 Å². The molecule has 0 bridgehead atoms. The van der Waals surface area contributed by atoms with Crippen molar-refractivity contribution in [3.8, 4) is 0 Å². The summed E-state index contributed by atoms with van der Waals surface area (Å²) in [7, 11) is 3.69. The Morgan fingerprint density at radius 1 is 0.960 bits per heavy atom. The maximum absolute atomic E-state index is 12.0. The van der Waals surface area contributed by atoms with Crippen molar-refractivity contribution in [3.63, 3.8) is 0 Å². The van der Waals surface area contributed by atoms with Crippen molar-refractivity contribution >= 4 is 11.9 Å². The fourth-order valence-corrected chi connectivity index (χ4v) is 2.91. The quantitative estimate of drug-likeness (QED) is 0.269. The second-order valence-electron chi connectivity index (χ2n) is 7.72. The molecule has 0 radical (unpaired) electrons. The summed E-state index contributed by atoms with van der Waals surface area (Å²) in [6.45, 7) is 6.34. The Morgan fingerprint density at radius 3 is 2.00 bits per heavy atom. The largest absolute Gasteiger partial charge is 0.363 e. The van der Waals surface area contributed by atoms with E-state index in [1.807, 2.05) is 21.0 Å². The number of rotatable bonds is 15. The Kier molecular flexibility index (Phi) is 13.5. The zero-order valence-electron chi connectivity index (χ0n) is 17.2. The Hall–Kier alpha value is -1.10. The van der Waals surface area contributed by atoms with Gasteiger partial charge in [0.05, 0.1) is 0 Å². The van der Waals surface area contributed by atoms with Crippen molar-refractivity contribution in [3.05, 3.63) is 0 Å². The van der Waals surface area contributed by atoms with E-state index in [9.17, 15) is 9.59 Å². The summed E-state index contributed by atoms with van der Waals surface area (Å²) in [5, 5.41) is 3.04. The van der Waals surface area contributed by atoms with Gasteiger partial charge in [0.25, 0.3) is 0 Å². The smallest absolute Gasteiger partial charge is 0.353 e. The van der Waals surface area contributed by atoms with Crippen LogP contribution >= 0.6 is 0 Å².